The molecule has 4 rings (SSSR count). The summed E-state index contributed by atoms with van der Waals surface area (Å²) >= 11 is 1.41. The average Bonchev–Trinajstić information content (AvgIpc) is 3.47. The molecule has 2 aromatic heterocycles. The first-order chi connectivity index (χ1) is 18.3. The Morgan fingerprint density at radius 3 is 2.54 bits per heavy atom. The van der Waals surface area contributed by atoms with Crippen molar-refractivity contribution < 1.29 is 37.7 Å². The summed E-state index contributed by atoms with van der Waals surface area (Å²) in [5.41, 5.74) is 4.39. The molecule has 15 heteroatoms. The van der Waals surface area contributed by atoms with Crippen LogP contribution in [-0.4, -0.2) is 72.4 Å². The van der Waals surface area contributed by atoms with Gasteiger partial charge in [0.2, 0.25) is 5.13 Å². The molecule has 1 aliphatic heterocycles. The minimum atomic E-state index is -5.08. The first kappa shape index (κ1) is 29.5. The molecule has 0 unspecified atom stereocenters. The minimum Gasteiger partial charge on any atom is -0.490 e. The number of benzene rings is 1. The number of fused-ring (bicyclic) bond motifs is 1. The number of carboxylic acids is 2. The summed E-state index contributed by atoms with van der Waals surface area (Å²) in [6, 6.07) is 7.62. The summed E-state index contributed by atoms with van der Waals surface area (Å²) in [5.74, 6) is -2.99. The van der Waals surface area contributed by atoms with Crippen LogP contribution in [0.4, 0.5) is 13.2 Å². The number of aliphatic carboxylic acids is 2. The molecule has 39 heavy (non-hydrogen) atoms. The van der Waals surface area contributed by atoms with Crippen LogP contribution in [0.2, 0.25) is 0 Å². The van der Waals surface area contributed by atoms with Gasteiger partial charge in [-0.1, -0.05) is 11.3 Å². The van der Waals surface area contributed by atoms with Crippen LogP contribution in [0.25, 0.3) is 15.7 Å². The van der Waals surface area contributed by atoms with E-state index in [2.05, 4.69) is 21.2 Å². The number of aromatic nitrogens is 4. The number of nitriles is 1. The molecular formula is C24H25F3N6O5S. The lowest BCUT2D eigenvalue weighted by atomic mass is 10.1. The zero-order valence-corrected chi connectivity index (χ0v) is 22.0. The van der Waals surface area contributed by atoms with Crippen LogP contribution in [0.1, 0.15) is 42.8 Å². The fourth-order valence-corrected chi connectivity index (χ4v) is 4.57. The predicted octanol–water partition coefficient (Wildman–Crippen LogP) is 3.82. The normalized spacial score (nSPS) is 13.3. The second-order valence-electron chi connectivity index (χ2n) is 8.77. The highest BCUT2D eigenvalue weighted by Gasteiger charge is 2.38. The fourth-order valence-electron chi connectivity index (χ4n) is 3.72. The fraction of sp³-hybridized carbons (Fsp3) is 0.417. The highest BCUT2D eigenvalue weighted by Crippen LogP contribution is 2.32. The third-order valence-electron chi connectivity index (χ3n) is 5.56. The second kappa shape index (κ2) is 12.2. The summed E-state index contributed by atoms with van der Waals surface area (Å²) in [7, 11) is 0. The van der Waals surface area contributed by atoms with Crippen molar-refractivity contribution in [2.45, 2.75) is 52.4 Å². The molecule has 0 saturated carbocycles. The van der Waals surface area contributed by atoms with E-state index >= 15 is 0 Å². The first-order valence-corrected chi connectivity index (χ1v) is 12.5. The lowest BCUT2D eigenvalue weighted by molar-refractivity contribution is -0.192. The van der Waals surface area contributed by atoms with Crippen LogP contribution < -0.4 is 4.74 Å². The maximum atomic E-state index is 10.9. The van der Waals surface area contributed by atoms with Crippen molar-refractivity contribution >= 4 is 23.3 Å². The zero-order chi connectivity index (χ0) is 28.9. The number of hydrogen-bond donors (Lipinski definition) is 2. The van der Waals surface area contributed by atoms with Gasteiger partial charge in [0.15, 0.2) is 0 Å². The van der Waals surface area contributed by atoms with Gasteiger partial charge in [0.05, 0.1) is 23.8 Å². The van der Waals surface area contributed by atoms with Gasteiger partial charge in [-0.05, 0) is 39.0 Å². The molecule has 3 heterocycles. The van der Waals surface area contributed by atoms with Crippen molar-refractivity contribution in [3.8, 4) is 27.5 Å². The van der Waals surface area contributed by atoms with Crippen LogP contribution in [0.5, 0.6) is 5.75 Å². The Bertz CT molecular complexity index is 1400. The number of nitrogens with zero attached hydrogens (tertiary/aromatic N) is 6. The van der Waals surface area contributed by atoms with E-state index in [-0.39, 0.29) is 12.5 Å². The third kappa shape index (κ3) is 7.52. The number of alkyl halides is 3. The maximum Gasteiger partial charge on any atom is 0.490 e. The van der Waals surface area contributed by atoms with Gasteiger partial charge in [-0.25, -0.2) is 9.48 Å². The molecule has 2 N–H and O–H groups in total. The summed E-state index contributed by atoms with van der Waals surface area (Å²) in [5, 5.41) is 40.3. The Hall–Kier alpha value is -4.03. The number of halogens is 3. The van der Waals surface area contributed by atoms with Gasteiger partial charge in [-0.3, -0.25) is 9.69 Å². The summed E-state index contributed by atoms with van der Waals surface area (Å²) in [4.78, 5) is 21.9. The molecule has 0 radical (unpaired) electrons. The van der Waals surface area contributed by atoms with Gasteiger partial charge in [0, 0.05) is 42.9 Å². The first-order valence-electron chi connectivity index (χ1n) is 11.7. The third-order valence-corrected chi connectivity index (χ3v) is 6.51. The van der Waals surface area contributed by atoms with Crippen molar-refractivity contribution in [1.82, 2.24) is 24.9 Å². The van der Waals surface area contributed by atoms with E-state index in [0.717, 1.165) is 35.5 Å². The monoisotopic (exact) mass is 566 g/mol. The molecule has 0 bridgehead atoms. The number of hydrogen-bond acceptors (Lipinski definition) is 9. The summed E-state index contributed by atoms with van der Waals surface area (Å²) < 4.78 is 39.2. The molecule has 0 aliphatic carbocycles. The Morgan fingerprint density at radius 2 is 1.95 bits per heavy atom. The molecule has 1 aliphatic rings. The van der Waals surface area contributed by atoms with Crippen molar-refractivity contribution in [1.29, 1.82) is 5.26 Å². The van der Waals surface area contributed by atoms with Gasteiger partial charge >= 0.3 is 18.1 Å². The SMILES string of the molecule is Cc1c2c(nn1-c1nnc(-c3ccc(OC(C)C)c(C#N)c3)s1)CCN(CCC(=O)O)C2.O=C(O)C(F)(F)F. The molecule has 0 atom stereocenters. The second-order valence-corrected chi connectivity index (χ2v) is 9.73. The van der Waals surface area contributed by atoms with Crippen molar-refractivity contribution in [3.63, 3.8) is 0 Å². The maximum absolute atomic E-state index is 10.9. The van der Waals surface area contributed by atoms with E-state index in [4.69, 9.17) is 24.8 Å². The Morgan fingerprint density at radius 1 is 1.26 bits per heavy atom. The minimum absolute atomic E-state index is 0.0186. The van der Waals surface area contributed by atoms with E-state index in [1.165, 1.54) is 11.3 Å². The molecule has 208 valence electrons. The molecule has 0 fully saturated rings. The van der Waals surface area contributed by atoms with Gasteiger partial charge in [0.25, 0.3) is 0 Å². The van der Waals surface area contributed by atoms with Crippen molar-refractivity contribution in [2.75, 3.05) is 13.1 Å². The Balaban J connectivity index is 0.000000532. The van der Waals surface area contributed by atoms with E-state index in [9.17, 15) is 23.2 Å². The summed E-state index contributed by atoms with van der Waals surface area (Å²) in [6.45, 7) is 7.84. The molecule has 3 aromatic rings. The molecular weight excluding hydrogens is 541 g/mol. The Kier molecular flexibility index (Phi) is 9.25. The van der Waals surface area contributed by atoms with E-state index in [1.54, 1.807) is 12.1 Å². The van der Waals surface area contributed by atoms with Crippen LogP contribution in [-0.2, 0) is 22.6 Å². The van der Waals surface area contributed by atoms with Crippen LogP contribution >= 0.6 is 11.3 Å². The largest absolute Gasteiger partial charge is 0.490 e. The lowest BCUT2D eigenvalue weighted by Crippen LogP contribution is -2.32. The Labute approximate surface area is 225 Å². The number of rotatable bonds is 7. The van der Waals surface area contributed by atoms with Crippen LogP contribution in [0, 0.1) is 18.3 Å². The van der Waals surface area contributed by atoms with Crippen LogP contribution in [0.3, 0.4) is 0 Å². The highest BCUT2D eigenvalue weighted by molar-refractivity contribution is 7.17. The summed E-state index contributed by atoms with van der Waals surface area (Å²) in [6.07, 6.45) is -4.19. The van der Waals surface area contributed by atoms with Gasteiger partial charge in [0.1, 0.15) is 16.8 Å². The van der Waals surface area contributed by atoms with Gasteiger partial charge in [-0.15, -0.1) is 10.2 Å². The van der Waals surface area contributed by atoms with Crippen molar-refractivity contribution in [3.05, 3.63) is 40.7 Å². The average molecular weight is 567 g/mol. The van der Waals surface area contributed by atoms with Gasteiger partial charge in [-0.2, -0.15) is 23.5 Å². The smallest absolute Gasteiger partial charge is 0.490 e. The lowest BCUT2D eigenvalue weighted by Gasteiger charge is -2.25. The van der Waals surface area contributed by atoms with Crippen LogP contribution in [0.15, 0.2) is 18.2 Å². The molecule has 0 saturated heterocycles. The van der Waals surface area contributed by atoms with Crippen molar-refractivity contribution in [2.24, 2.45) is 0 Å². The number of carboxylic acid groups (broad SMARTS) is 2. The predicted molar refractivity (Wildman–Crippen MR) is 133 cm³/mol. The molecule has 1 aromatic carbocycles. The standard InChI is InChI=1S/C22H24N6O3S.C2HF3O2/c1-13(2)31-19-5-4-15(10-16(19)11-23)21-24-25-22(32-21)28-14(3)17-12-27(9-7-20(29)30)8-6-18(17)26-28;3-2(4,5)1(6)7/h4-5,10,13H,6-9,12H2,1-3H3,(H,29,30);(H,6,7). The number of ether oxygens (including phenoxy) is 1. The van der Waals surface area contributed by atoms with E-state index in [1.807, 2.05) is 31.5 Å². The molecule has 0 amide bonds. The zero-order valence-electron chi connectivity index (χ0n) is 21.2. The molecule has 11 nitrogen and oxygen atoms in total. The quantitative estimate of drug-likeness (QED) is 0.431. The highest BCUT2D eigenvalue weighted by atomic mass is 32.1. The molecule has 0 spiro atoms. The number of carbonyl (C=O) groups is 2. The van der Waals surface area contributed by atoms with Gasteiger partial charge < -0.3 is 14.9 Å². The topological polar surface area (TPSA) is 154 Å². The van der Waals surface area contributed by atoms with E-state index < -0.39 is 18.1 Å². The van der Waals surface area contributed by atoms with E-state index in [0.29, 0.717) is 34.5 Å².